The van der Waals surface area contributed by atoms with Gasteiger partial charge in [0.15, 0.2) is 0 Å². The van der Waals surface area contributed by atoms with Crippen LogP contribution in [0, 0.1) is 0 Å². The highest BCUT2D eigenvalue weighted by Gasteiger charge is 2.00. The SMILES string of the molecule is Nc1cc(Cl)nc(N)n1.Nc1cc(Cl)nc(N)n1.O=C(O)CCC(=O)O. The zero-order valence-corrected chi connectivity index (χ0v) is 14.6. The number of aliphatic carboxylic acids is 2. The van der Waals surface area contributed by atoms with Crippen molar-refractivity contribution < 1.29 is 19.8 Å². The maximum atomic E-state index is 9.64. The summed E-state index contributed by atoms with van der Waals surface area (Å²) in [5.41, 5.74) is 20.8. The molecule has 0 aliphatic rings. The lowest BCUT2D eigenvalue weighted by atomic mass is 10.3. The largest absolute Gasteiger partial charge is 0.481 e. The van der Waals surface area contributed by atoms with Crippen molar-refractivity contribution in [2.75, 3.05) is 22.9 Å². The van der Waals surface area contributed by atoms with Crippen LogP contribution >= 0.6 is 23.2 Å². The van der Waals surface area contributed by atoms with Crippen LogP contribution in [0.2, 0.25) is 10.3 Å². The Morgan fingerprint density at radius 2 is 1.08 bits per heavy atom. The van der Waals surface area contributed by atoms with Crippen molar-refractivity contribution in [3.8, 4) is 0 Å². The van der Waals surface area contributed by atoms with Crippen LogP contribution in [-0.4, -0.2) is 42.1 Å². The first kappa shape index (κ1) is 22.9. The highest BCUT2D eigenvalue weighted by Crippen LogP contribution is 2.09. The molecule has 0 atom stereocenters. The third-order valence-corrected chi connectivity index (χ3v) is 2.40. The number of aromatic nitrogens is 4. The number of nitrogens with zero attached hydrogens (tertiary/aromatic N) is 4. The molecule has 0 fully saturated rings. The van der Waals surface area contributed by atoms with Gasteiger partial charge < -0.3 is 33.1 Å². The summed E-state index contributed by atoms with van der Waals surface area (Å²) >= 11 is 10.9. The fourth-order valence-electron chi connectivity index (χ4n) is 1.12. The van der Waals surface area contributed by atoms with Gasteiger partial charge in [-0.3, -0.25) is 9.59 Å². The van der Waals surface area contributed by atoms with Crippen molar-refractivity contribution >= 4 is 58.7 Å². The van der Waals surface area contributed by atoms with E-state index in [1.165, 1.54) is 12.1 Å². The summed E-state index contributed by atoms with van der Waals surface area (Å²) in [4.78, 5) is 33.6. The van der Waals surface area contributed by atoms with E-state index in [9.17, 15) is 9.59 Å². The van der Waals surface area contributed by atoms with Gasteiger partial charge in [-0.15, -0.1) is 0 Å². The number of hydrogen-bond donors (Lipinski definition) is 6. The first-order valence-electron chi connectivity index (χ1n) is 6.54. The molecule has 0 amide bonds. The Morgan fingerprint density at radius 3 is 1.27 bits per heavy atom. The summed E-state index contributed by atoms with van der Waals surface area (Å²) in [5, 5.41) is 16.3. The monoisotopic (exact) mass is 406 g/mol. The Bertz CT molecular complexity index is 598. The zero-order chi connectivity index (χ0) is 20.3. The normalized spacial score (nSPS) is 9.15. The summed E-state index contributed by atoms with van der Waals surface area (Å²) in [7, 11) is 0. The third kappa shape index (κ3) is 12.3. The topological polar surface area (TPSA) is 230 Å². The molecule has 2 heterocycles. The molecule has 0 spiro atoms. The van der Waals surface area contributed by atoms with Crippen molar-refractivity contribution in [1.82, 2.24) is 19.9 Å². The fourth-order valence-corrected chi connectivity index (χ4v) is 1.52. The minimum atomic E-state index is -1.08. The van der Waals surface area contributed by atoms with E-state index in [0.717, 1.165) is 0 Å². The summed E-state index contributed by atoms with van der Waals surface area (Å²) in [6, 6.07) is 2.86. The number of nitrogen functional groups attached to an aromatic ring is 4. The molecule has 0 saturated carbocycles. The highest BCUT2D eigenvalue weighted by atomic mass is 35.5. The van der Waals surface area contributed by atoms with E-state index in [4.69, 9.17) is 56.3 Å². The Balaban J connectivity index is 0.000000362. The molecule has 10 N–H and O–H groups in total. The Kier molecular flexibility index (Phi) is 10.1. The molecule has 12 nitrogen and oxygen atoms in total. The molecule has 2 rings (SSSR count). The summed E-state index contributed by atoms with van der Waals surface area (Å²) in [6.45, 7) is 0. The molecule has 0 bridgehead atoms. The molecule has 0 aliphatic carbocycles. The van der Waals surface area contributed by atoms with E-state index < -0.39 is 11.9 Å². The van der Waals surface area contributed by atoms with Crippen molar-refractivity contribution in [1.29, 1.82) is 0 Å². The van der Waals surface area contributed by atoms with Crippen LogP contribution in [-0.2, 0) is 9.59 Å². The van der Waals surface area contributed by atoms with E-state index in [0.29, 0.717) is 0 Å². The van der Waals surface area contributed by atoms with Crippen molar-refractivity contribution in [2.24, 2.45) is 0 Å². The lowest BCUT2D eigenvalue weighted by molar-refractivity contribution is -0.143. The Labute approximate surface area is 157 Å². The van der Waals surface area contributed by atoms with Crippen molar-refractivity contribution in [2.45, 2.75) is 12.8 Å². The van der Waals surface area contributed by atoms with Crippen LogP contribution in [0.3, 0.4) is 0 Å². The van der Waals surface area contributed by atoms with Gasteiger partial charge >= 0.3 is 11.9 Å². The van der Waals surface area contributed by atoms with Gasteiger partial charge in [-0.25, -0.2) is 9.97 Å². The first-order chi connectivity index (χ1) is 12.0. The second kappa shape index (κ2) is 11.4. The predicted molar refractivity (Wildman–Crippen MR) is 96.2 cm³/mol. The second-order valence-corrected chi connectivity index (χ2v) is 5.01. The molecule has 0 aromatic carbocycles. The second-order valence-electron chi connectivity index (χ2n) is 4.23. The van der Waals surface area contributed by atoms with E-state index in [1.807, 2.05) is 0 Å². The molecule has 2 aromatic rings. The van der Waals surface area contributed by atoms with Crippen LogP contribution in [0.4, 0.5) is 23.5 Å². The Morgan fingerprint density at radius 1 is 0.769 bits per heavy atom. The smallest absolute Gasteiger partial charge is 0.303 e. The van der Waals surface area contributed by atoms with Gasteiger partial charge in [0.25, 0.3) is 0 Å². The number of rotatable bonds is 3. The molecule has 26 heavy (non-hydrogen) atoms. The highest BCUT2D eigenvalue weighted by molar-refractivity contribution is 6.29. The number of carboxylic acids is 2. The first-order valence-corrected chi connectivity index (χ1v) is 7.29. The fraction of sp³-hybridized carbons (Fsp3) is 0.167. The van der Waals surface area contributed by atoms with E-state index >= 15 is 0 Å². The molecular weight excluding hydrogens is 391 g/mol. The summed E-state index contributed by atoms with van der Waals surface area (Å²) < 4.78 is 0. The summed E-state index contributed by atoms with van der Waals surface area (Å²) in [6.07, 6.45) is -0.593. The van der Waals surface area contributed by atoms with Crippen LogP contribution in [0.25, 0.3) is 0 Å². The number of anilines is 4. The van der Waals surface area contributed by atoms with Gasteiger partial charge in [0.1, 0.15) is 21.9 Å². The lowest BCUT2D eigenvalue weighted by Crippen LogP contribution is -2.00. The van der Waals surface area contributed by atoms with E-state index in [2.05, 4.69) is 19.9 Å². The zero-order valence-electron chi connectivity index (χ0n) is 13.1. The van der Waals surface area contributed by atoms with Crippen LogP contribution < -0.4 is 22.9 Å². The van der Waals surface area contributed by atoms with Gasteiger partial charge in [0, 0.05) is 12.1 Å². The number of nitrogens with two attached hydrogens (primary N) is 4. The number of hydrogen-bond acceptors (Lipinski definition) is 10. The van der Waals surface area contributed by atoms with Crippen LogP contribution in [0.1, 0.15) is 12.8 Å². The average molecular weight is 407 g/mol. The number of carboxylic acid groups (broad SMARTS) is 2. The van der Waals surface area contributed by atoms with E-state index in [-0.39, 0.29) is 46.7 Å². The molecule has 142 valence electrons. The van der Waals surface area contributed by atoms with Crippen molar-refractivity contribution in [3.63, 3.8) is 0 Å². The minimum absolute atomic E-state index is 0.0972. The summed E-state index contributed by atoms with van der Waals surface area (Å²) in [5.74, 6) is -1.39. The minimum Gasteiger partial charge on any atom is -0.481 e. The van der Waals surface area contributed by atoms with Crippen LogP contribution in [0.15, 0.2) is 12.1 Å². The average Bonchev–Trinajstić information content (AvgIpc) is 2.43. The van der Waals surface area contributed by atoms with Gasteiger partial charge in [-0.05, 0) is 0 Å². The van der Waals surface area contributed by atoms with Crippen molar-refractivity contribution in [3.05, 3.63) is 22.4 Å². The molecule has 14 heteroatoms. The molecule has 0 aliphatic heterocycles. The van der Waals surface area contributed by atoms with Gasteiger partial charge in [0.2, 0.25) is 11.9 Å². The van der Waals surface area contributed by atoms with Gasteiger partial charge in [-0.2, -0.15) is 9.97 Å². The molecule has 0 radical (unpaired) electrons. The standard InChI is InChI=1S/2C4H5ClN4.C4H6O4/c2*5-2-1-3(6)9-4(7)8-2;5-3(6)1-2-4(7)8/h2*1H,(H4,6,7,8,9);1-2H2,(H,5,6)(H,7,8). The van der Waals surface area contributed by atoms with Gasteiger partial charge in [0.05, 0.1) is 12.8 Å². The maximum absolute atomic E-state index is 9.64. The molecule has 0 unspecified atom stereocenters. The van der Waals surface area contributed by atoms with Gasteiger partial charge in [-0.1, -0.05) is 23.2 Å². The molecule has 2 aromatic heterocycles. The maximum Gasteiger partial charge on any atom is 0.303 e. The van der Waals surface area contributed by atoms with E-state index in [1.54, 1.807) is 0 Å². The molecule has 0 saturated heterocycles. The molecular formula is C12H16Cl2N8O4. The number of carbonyl (C=O) groups is 2. The quantitative estimate of drug-likeness (QED) is 0.382. The Hall–Kier alpha value is -3.12. The lowest BCUT2D eigenvalue weighted by Gasteiger charge is -1.93. The van der Waals surface area contributed by atoms with Crippen LogP contribution in [0.5, 0.6) is 0 Å². The predicted octanol–water partition coefficient (Wildman–Crippen LogP) is 0.525. The third-order valence-electron chi connectivity index (χ3n) is 2.02. The number of halogens is 2.